The molecule has 1 aliphatic heterocycles. The number of ketones is 1. The van der Waals surface area contributed by atoms with Gasteiger partial charge in [-0.15, -0.1) is 5.10 Å². The summed E-state index contributed by atoms with van der Waals surface area (Å²) in [7, 11) is 0. The Morgan fingerprint density at radius 3 is 2.42 bits per heavy atom. The lowest BCUT2D eigenvalue weighted by atomic mass is 10.0. The van der Waals surface area contributed by atoms with Crippen molar-refractivity contribution in [3.05, 3.63) is 100 Å². The van der Waals surface area contributed by atoms with Crippen LogP contribution in [0.5, 0.6) is 11.5 Å². The molecule has 1 aliphatic rings. The number of hydrogen-bond acceptors (Lipinski definition) is 8. The Morgan fingerprint density at radius 1 is 1.00 bits per heavy atom. The van der Waals surface area contributed by atoms with Crippen LogP contribution in [0.1, 0.15) is 50.5 Å². The summed E-state index contributed by atoms with van der Waals surface area (Å²) in [5.41, 5.74) is 3.50. The van der Waals surface area contributed by atoms with Crippen molar-refractivity contribution in [3.63, 3.8) is 0 Å². The number of anilines is 1. The van der Waals surface area contributed by atoms with Gasteiger partial charge in [-0.05, 0) is 72.9 Å². The highest BCUT2D eigenvalue weighted by atomic mass is 32.1. The molecule has 1 atom stereocenters. The lowest BCUT2D eigenvalue weighted by Gasteiger charge is -2.31. The number of rotatable bonds is 8. The Bertz CT molecular complexity index is 1470. The van der Waals surface area contributed by atoms with Crippen molar-refractivity contribution >= 4 is 34.8 Å². The number of aryl methyl sites for hydroxylation is 1. The van der Waals surface area contributed by atoms with Crippen LogP contribution in [0.4, 0.5) is 5.69 Å². The van der Waals surface area contributed by atoms with Gasteiger partial charge in [0.15, 0.2) is 23.0 Å². The Labute approximate surface area is 223 Å². The van der Waals surface area contributed by atoms with Crippen LogP contribution in [-0.4, -0.2) is 34.0 Å². The van der Waals surface area contributed by atoms with E-state index < -0.39 is 17.9 Å². The highest BCUT2D eigenvalue weighted by molar-refractivity contribution is 7.03. The zero-order valence-corrected chi connectivity index (χ0v) is 21.5. The van der Waals surface area contributed by atoms with Gasteiger partial charge in [-0.1, -0.05) is 40.4 Å². The molecular formula is C28H24N4O5S. The molecule has 0 aliphatic carbocycles. The first kappa shape index (κ1) is 25.1. The van der Waals surface area contributed by atoms with Crippen LogP contribution < -0.4 is 19.7 Å². The highest BCUT2D eigenvalue weighted by Gasteiger charge is 2.34. The standard InChI is InChI=1S/C28H24N4O5S/c1-17-3-6-21(7-4-17)26(27(34)29-14-19-5-12-24-25(13-19)37-16-36-24)32(28(35)23-15-38-31-30-23)22-10-8-20(9-11-22)18(2)33/h3-13,15,26H,14,16H2,1-2H3,(H,29,34)/t26-/m0/s1. The third-order valence-electron chi connectivity index (χ3n) is 6.15. The number of carbonyl (C=O) groups excluding carboxylic acids is 3. The summed E-state index contributed by atoms with van der Waals surface area (Å²) < 4.78 is 14.6. The number of amides is 2. The Hall–Kier alpha value is -4.57. The van der Waals surface area contributed by atoms with Crippen LogP contribution in [0, 0.1) is 6.92 Å². The van der Waals surface area contributed by atoms with E-state index in [1.807, 2.05) is 43.3 Å². The number of Topliss-reactive ketones (excluding diaryl/α,β-unsaturated/α-hetero) is 1. The molecule has 9 nitrogen and oxygen atoms in total. The molecular weight excluding hydrogens is 504 g/mol. The largest absolute Gasteiger partial charge is 0.454 e. The molecule has 0 spiro atoms. The molecule has 2 heterocycles. The maximum Gasteiger partial charge on any atom is 0.280 e. The average molecular weight is 529 g/mol. The third-order valence-corrected chi connectivity index (χ3v) is 6.66. The summed E-state index contributed by atoms with van der Waals surface area (Å²) in [6.07, 6.45) is 0. The second kappa shape index (κ2) is 10.8. The van der Waals surface area contributed by atoms with E-state index in [4.69, 9.17) is 9.47 Å². The van der Waals surface area contributed by atoms with Crippen LogP contribution >= 0.6 is 11.5 Å². The molecule has 0 saturated carbocycles. The van der Waals surface area contributed by atoms with E-state index in [2.05, 4.69) is 14.9 Å². The summed E-state index contributed by atoms with van der Waals surface area (Å²) in [5.74, 6) is 0.289. The van der Waals surface area contributed by atoms with E-state index in [0.29, 0.717) is 28.3 Å². The van der Waals surface area contributed by atoms with Crippen LogP contribution in [0.15, 0.2) is 72.1 Å². The van der Waals surface area contributed by atoms with Gasteiger partial charge in [0.2, 0.25) is 12.7 Å². The fourth-order valence-corrected chi connectivity index (χ4v) is 4.55. The average Bonchev–Trinajstić information content (AvgIpc) is 3.63. The second-order valence-electron chi connectivity index (χ2n) is 8.79. The van der Waals surface area contributed by atoms with Crippen molar-refractivity contribution in [1.82, 2.24) is 14.9 Å². The number of ether oxygens (including phenoxy) is 2. The Balaban J connectivity index is 1.52. The molecule has 0 bridgehead atoms. The molecule has 5 rings (SSSR count). The van der Waals surface area contributed by atoms with Crippen LogP contribution in [0.3, 0.4) is 0 Å². The van der Waals surface area contributed by atoms with Crippen LogP contribution in [-0.2, 0) is 11.3 Å². The number of fused-ring (bicyclic) bond motifs is 1. The van der Waals surface area contributed by atoms with Gasteiger partial charge >= 0.3 is 0 Å². The van der Waals surface area contributed by atoms with Crippen molar-refractivity contribution in [3.8, 4) is 11.5 Å². The third kappa shape index (κ3) is 5.25. The van der Waals surface area contributed by atoms with Gasteiger partial charge in [-0.25, -0.2) is 0 Å². The zero-order valence-electron chi connectivity index (χ0n) is 20.7. The van der Waals surface area contributed by atoms with Gasteiger partial charge in [0.1, 0.15) is 6.04 Å². The molecule has 1 N–H and O–H groups in total. The Morgan fingerprint density at radius 2 is 1.74 bits per heavy atom. The second-order valence-corrected chi connectivity index (χ2v) is 9.40. The fraction of sp³-hybridized carbons (Fsp3) is 0.179. The van der Waals surface area contributed by atoms with Crippen molar-refractivity contribution in [1.29, 1.82) is 0 Å². The minimum Gasteiger partial charge on any atom is -0.454 e. The lowest BCUT2D eigenvalue weighted by Crippen LogP contribution is -2.44. The highest BCUT2D eigenvalue weighted by Crippen LogP contribution is 2.33. The zero-order chi connectivity index (χ0) is 26.6. The van der Waals surface area contributed by atoms with E-state index in [-0.39, 0.29) is 24.8 Å². The van der Waals surface area contributed by atoms with E-state index in [1.54, 1.807) is 30.3 Å². The minimum absolute atomic E-state index is 0.102. The van der Waals surface area contributed by atoms with Crippen molar-refractivity contribution in [2.45, 2.75) is 26.4 Å². The molecule has 2 amide bonds. The molecule has 0 fully saturated rings. The van der Waals surface area contributed by atoms with Gasteiger partial charge in [0, 0.05) is 23.2 Å². The van der Waals surface area contributed by atoms with Crippen molar-refractivity contribution < 1.29 is 23.9 Å². The number of carbonyl (C=O) groups is 3. The van der Waals surface area contributed by atoms with Crippen molar-refractivity contribution in [2.24, 2.45) is 0 Å². The molecule has 192 valence electrons. The minimum atomic E-state index is -1.03. The van der Waals surface area contributed by atoms with E-state index in [0.717, 1.165) is 22.7 Å². The predicted molar refractivity (Wildman–Crippen MR) is 141 cm³/mol. The van der Waals surface area contributed by atoms with Gasteiger partial charge < -0.3 is 14.8 Å². The smallest absolute Gasteiger partial charge is 0.280 e. The van der Waals surface area contributed by atoms with E-state index >= 15 is 0 Å². The molecule has 0 saturated heterocycles. The molecule has 3 aromatic carbocycles. The summed E-state index contributed by atoms with van der Waals surface area (Å²) in [6.45, 7) is 3.79. The summed E-state index contributed by atoms with van der Waals surface area (Å²) in [5, 5.41) is 8.45. The first-order chi connectivity index (χ1) is 18.4. The van der Waals surface area contributed by atoms with Crippen molar-refractivity contribution in [2.75, 3.05) is 11.7 Å². The lowest BCUT2D eigenvalue weighted by molar-refractivity contribution is -0.122. The molecule has 10 heteroatoms. The molecule has 0 radical (unpaired) electrons. The topological polar surface area (TPSA) is 111 Å². The van der Waals surface area contributed by atoms with Crippen LogP contribution in [0.25, 0.3) is 0 Å². The maximum atomic E-state index is 13.9. The van der Waals surface area contributed by atoms with Crippen LogP contribution in [0.2, 0.25) is 0 Å². The fourth-order valence-electron chi connectivity index (χ4n) is 4.12. The molecule has 0 unspecified atom stereocenters. The summed E-state index contributed by atoms with van der Waals surface area (Å²) in [4.78, 5) is 40.9. The number of benzene rings is 3. The number of nitrogens with zero attached hydrogens (tertiary/aromatic N) is 3. The normalized spacial score (nSPS) is 12.6. The number of nitrogens with one attached hydrogen (secondary N) is 1. The first-order valence-electron chi connectivity index (χ1n) is 11.8. The Kier molecular flexibility index (Phi) is 7.14. The quantitative estimate of drug-likeness (QED) is 0.336. The molecule has 4 aromatic rings. The SMILES string of the molecule is CC(=O)c1ccc(N(C(=O)c2csnn2)[C@H](C(=O)NCc2ccc3c(c2)OCO3)c2ccc(C)cc2)cc1. The summed E-state index contributed by atoms with van der Waals surface area (Å²) >= 11 is 1.05. The number of hydrogen-bond donors (Lipinski definition) is 1. The van der Waals surface area contributed by atoms with Gasteiger partial charge in [-0.3, -0.25) is 19.3 Å². The van der Waals surface area contributed by atoms with E-state index in [9.17, 15) is 14.4 Å². The van der Waals surface area contributed by atoms with Gasteiger partial charge in [-0.2, -0.15) is 0 Å². The summed E-state index contributed by atoms with van der Waals surface area (Å²) in [6, 6.07) is 18.4. The molecule has 1 aromatic heterocycles. The first-order valence-corrected chi connectivity index (χ1v) is 12.7. The molecule has 38 heavy (non-hydrogen) atoms. The van der Waals surface area contributed by atoms with Gasteiger partial charge in [0.05, 0.1) is 0 Å². The van der Waals surface area contributed by atoms with E-state index in [1.165, 1.54) is 17.2 Å². The van der Waals surface area contributed by atoms with Gasteiger partial charge in [0.25, 0.3) is 5.91 Å². The maximum absolute atomic E-state index is 13.9. The predicted octanol–water partition coefficient (Wildman–Crippen LogP) is 4.48. The number of aromatic nitrogens is 2. The monoisotopic (exact) mass is 528 g/mol.